The number of aryl methyl sites for hydroxylation is 1. The summed E-state index contributed by atoms with van der Waals surface area (Å²) in [4.78, 5) is 19.6. The first kappa shape index (κ1) is 18.1. The highest BCUT2D eigenvalue weighted by atomic mass is 16.5. The standard InChI is InChI=1S/C19H26N6O2/c26-19(18-23-22-17-7-2-1-5-9-25(17)18)21-14-16(15-6-3-4-8-20-15)24-10-12-27-13-11-24/h3-4,6,8,16H,1-2,5,7,9-14H2,(H,21,26)/t16-/m0/s1. The molecule has 0 bridgehead atoms. The average Bonchev–Trinajstić information content (AvgIpc) is 2.98. The Labute approximate surface area is 158 Å². The van der Waals surface area contributed by atoms with Gasteiger partial charge in [0.15, 0.2) is 0 Å². The molecule has 8 nitrogen and oxygen atoms in total. The van der Waals surface area contributed by atoms with Gasteiger partial charge in [-0.25, -0.2) is 0 Å². The summed E-state index contributed by atoms with van der Waals surface area (Å²) in [6.45, 7) is 4.37. The van der Waals surface area contributed by atoms with Crippen molar-refractivity contribution in [3.05, 3.63) is 41.7 Å². The summed E-state index contributed by atoms with van der Waals surface area (Å²) in [5.74, 6) is 1.19. The second-order valence-electron chi connectivity index (χ2n) is 7.03. The van der Waals surface area contributed by atoms with Crippen LogP contribution in [0.1, 0.15) is 47.4 Å². The number of morpholine rings is 1. The molecule has 8 heteroatoms. The highest BCUT2D eigenvalue weighted by molar-refractivity contribution is 5.90. The Morgan fingerprint density at radius 2 is 2.04 bits per heavy atom. The molecule has 0 radical (unpaired) electrons. The molecule has 1 N–H and O–H groups in total. The van der Waals surface area contributed by atoms with E-state index in [-0.39, 0.29) is 11.9 Å². The molecule has 0 unspecified atom stereocenters. The molecule has 1 amide bonds. The molecule has 0 aliphatic carbocycles. The predicted octanol–water partition coefficient (Wildman–Crippen LogP) is 1.20. The number of fused-ring (bicyclic) bond motifs is 1. The van der Waals surface area contributed by atoms with E-state index in [1.54, 1.807) is 6.20 Å². The molecule has 4 rings (SSSR count). The highest BCUT2D eigenvalue weighted by Crippen LogP contribution is 2.20. The summed E-state index contributed by atoms with van der Waals surface area (Å²) in [5, 5.41) is 11.4. The number of nitrogens with zero attached hydrogens (tertiary/aromatic N) is 5. The van der Waals surface area contributed by atoms with Crippen molar-refractivity contribution in [2.24, 2.45) is 0 Å². The molecule has 2 aliphatic heterocycles. The van der Waals surface area contributed by atoms with Gasteiger partial charge in [-0.3, -0.25) is 14.7 Å². The fourth-order valence-electron chi connectivity index (χ4n) is 3.80. The lowest BCUT2D eigenvalue weighted by Gasteiger charge is -2.34. The van der Waals surface area contributed by atoms with Gasteiger partial charge in [-0.1, -0.05) is 12.5 Å². The van der Waals surface area contributed by atoms with Crippen LogP contribution in [0.15, 0.2) is 24.4 Å². The number of rotatable bonds is 5. The first-order valence-corrected chi connectivity index (χ1v) is 9.76. The SMILES string of the molecule is O=C(NC[C@@H](c1ccccn1)N1CCOCC1)c1nnc2n1CCCCC2. The second kappa shape index (κ2) is 8.58. The molecule has 27 heavy (non-hydrogen) atoms. The van der Waals surface area contributed by atoms with E-state index in [0.717, 1.165) is 50.4 Å². The number of hydrogen-bond donors (Lipinski definition) is 1. The van der Waals surface area contributed by atoms with Crippen LogP contribution in [-0.2, 0) is 17.7 Å². The summed E-state index contributed by atoms with van der Waals surface area (Å²) in [5.41, 5.74) is 0.958. The van der Waals surface area contributed by atoms with Crippen molar-refractivity contribution < 1.29 is 9.53 Å². The lowest BCUT2D eigenvalue weighted by atomic mass is 10.1. The van der Waals surface area contributed by atoms with Crippen molar-refractivity contribution >= 4 is 5.91 Å². The molecule has 2 aromatic heterocycles. The van der Waals surface area contributed by atoms with Gasteiger partial charge in [0.1, 0.15) is 5.82 Å². The molecule has 2 aliphatic rings. The maximum absolute atomic E-state index is 12.8. The van der Waals surface area contributed by atoms with E-state index < -0.39 is 0 Å². The van der Waals surface area contributed by atoms with Gasteiger partial charge < -0.3 is 14.6 Å². The average molecular weight is 370 g/mol. The van der Waals surface area contributed by atoms with E-state index in [4.69, 9.17) is 4.74 Å². The Hall–Kier alpha value is -2.32. The van der Waals surface area contributed by atoms with Gasteiger partial charge in [0.25, 0.3) is 5.91 Å². The Kier molecular flexibility index (Phi) is 5.74. The summed E-state index contributed by atoms with van der Waals surface area (Å²) < 4.78 is 7.45. The summed E-state index contributed by atoms with van der Waals surface area (Å²) in [7, 11) is 0. The molecule has 2 aromatic rings. The van der Waals surface area contributed by atoms with Gasteiger partial charge in [-0.2, -0.15) is 0 Å². The quantitative estimate of drug-likeness (QED) is 0.851. The second-order valence-corrected chi connectivity index (χ2v) is 7.03. The minimum atomic E-state index is -0.162. The van der Waals surface area contributed by atoms with Crippen molar-refractivity contribution in [3.63, 3.8) is 0 Å². The van der Waals surface area contributed by atoms with Gasteiger partial charge in [0.2, 0.25) is 5.82 Å². The zero-order chi connectivity index (χ0) is 18.5. The lowest BCUT2D eigenvalue weighted by Crippen LogP contribution is -2.44. The van der Waals surface area contributed by atoms with Crippen LogP contribution in [0.4, 0.5) is 0 Å². The summed E-state index contributed by atoms with van der Waals surface area (Å²) in [6, 6.07) is 5.92. The van der Waals surface area contributed by atoms with Crippen LogP contribution in [0, 0.1) is 0 Å². The van der Waals surface area contributed by atoms with E-state index in [1.165, 1.54) is 6.42 Å². The number of pyridine rings is 1. The van der Waals surface area contributed by atoms with Crippen LogP contribution >= 0.6 is 0 Å². The zero-order valence-corrected chi connectivity index (χ0v) is 15.5. The van der Waals surface area contributed by atoms with E-state index in [9.17, 15) is 4.79 Å². The van der Waals surface area contributed by atoms with Crippen LogP contribution in [-0.4, -0.2) is 63.4 Å². The molecule has 1 saturated heterocycles. The number of nitrogens with one attached hydrogen (secondary N) is 1. The Bertz CT molecular complexity index is 757. The molecule has 1 fully saturated rings. The van der Waals surface area contributed by atoms with Crippen molar-refractivity contribution in [1.29, 1.82) is 0 Å². The third-order valence-corrected chi connectivity index (χ3v) is 5.28. The number of carbonyl (C=O) groups is 1. The van der Waals surface area contributed by atoms with E-state index >= 15 is 0 Å². The Morgan fingerprint density at radius 1 is 1.15 bits per heavy atom. The molecule has 0 spiro atoms. The van der Waals surface area contributed by atoms with E-state index in [2.05, 4.69) is 25.4 Å². The van der Waals surface area contributed by atoms with Gasteiger partial charge in [-0.15, -0.1) is 10.2 Å². The first-order chi connectivity index (χ1) is 13.3. The maximum atomic E-state index is 12.8. The zero-order valence-electron chi connectivity index (χ0n) is 15.5. The van der Waals surface area contributed by atoms with Crippen molar-refractivity contribution in [2.45, 2.75) is 38.3 Å². The van der Waals surface area contributed by atoms with Crippen molar-refractivity contribution in [1.82, 2.24) is 30.0 Å². The van der Waals surface area contributed by atoms with Crippen LogP contribution in [0.25, 0.3) is 0 Å². The van der Waals surface area contributed by atoms with Crippen molar-refractivity contribution in [2.75, 3.05) is 32.8 Å². The van der Waals surface area contributed by atoms with Gasteiger partial charge >= 0.3 is 0 Å². The van der Waals surface area contributed by atoms with E-state index in [1.807, 2.05) is 22.8 Å². The van der Waals surface area contributed by atoms with Crippen molar-refractivity contribution in [3.8, 4) is 0 Å². The van der Waals surface area contributed by atoms with Crippen LogP contribution in [0.5, 0.6) is 0 Å². The molecular formula is C19H26N6O2. The minimum absolute atomic E-state index is 0.0191. The smallest absolute Gasteiger partial charge is 0.289 e. The summed E-state index contributed by atoms with van der Waals surface area (Å²) in [6.07, 6.45) is 6.03. The fourth-order valence-corrected chi connectivity index (χ4v) is 3.80. The van der Waals surface area contributed by atoms with Crippen LogP contribution in [0.3, 0.4) is 0 Å². The number of hydrogen-bond acceptors (Lipinski definition) is 6. The first-order valence-electron chi connectivity index (χ1n) is 9.76. The van der Waals surface area contributed by atoms with E-state index in [0.29, 0.717) is 25.6 Å². The highest BCUT2D eigenvalue weighted by Gasteiger charge is 2.26. The monoisotopic (exact) mass is 370 g/mol. The van der Waals surface area contributed by atoms with Gasteiger partial charge in [-0.05, 0) is 25.0 Å². The number of aromatic nitrogens is 4. The minimum Gasteiger partial charge on any atom is -0.379 e. The fraction of sp³-hybridized carbons (Fsp3) is 0.579. The van der Waals surface area contributed by atoms with Gasteiger partial charge in [0, 0.05) is 38.8 Å². The molecule has 4 heterocycles. The number of carbonyl (C=O) groups excluding carboxylic acids is 1. The van der Waals surface area contributed by atoms with Gasteiger partial charge in [0.05, 0.1) is 24.9 Å². The normalized spacial score (nSPS) is 19.1. The van der Waals surface area contributed by atoms with Crippen LogP contribution in [0.2, 0.25) is 0 Å². The molecule has 0 saturated carbocycles. The molecule has 144 valence electrons. The molecule has 0 aromatic carbocycles. The lowest BCUT2D eigenvalue weighted by molar-refractivity contribution is 0.0153. The Balaban J connectivity index is 1.47. The van der Waals surface area contributed by atoms with Crippen LogP contribution < -0.4 is 5.32 Å². The third-order valence-electron chi connectivity index (χ3n) is 5.28. The number of ether oxygens (including phenoxy) is 1. The topological polar surface area (TPSA) is 85.2 Å². The molecule has 1 atom stereocenters. The summed E-state index contributed by atoms with van der Waals surface area (Å²) >= 11 is 0. The maximum Gasteiger partial charge on any atom is 0.289 e. The molecular weight excluding hydrogens is 344 g/mol. The largest absolute Gasteiger partial charge is 0.379 e. The predicted molar refractivity (Wildman–Crippen MR) is 99.3 cm³/mol. The third kappa shape index (κ3) is 4.17. The Morgan fingerprint density at radius 3 is 2.85 bits per heavy atom. The number of amides is 1.